The second-order valence-corrected chi connectivity index (χ2v) is 13.9. The number of Topliss-reactive ketones (excluding diaryl/α,β-unsaturated/α-hetero) is 1. The van der Waals surface area contributed by atoms with E-state index >= 15 is 0 Å². The van der Waals surface area contributed by atoms with Gasteiger partial charge in [0.1, 0.15) is 5.78 Å². The minimum absolute atomic E-state index is 0.107. The molecule has 0 spiro atoms. The van der Waals surface area contributed by atoms with E-state index in [2.05, 4.69) is 53.7 Å². The van der Waals surface area contributed by atoms with Gasteiger partial charge in [-0.1, -0.05) is 64.8 Å². The number of carbonyl (C=O) groups is 1. The molecule has 0 bridgehead atoms. The lowest BCUT2D eigenvalue weighted by Crippen LogP contribution is -2.57. The zero-order valence-corrected chi connectivity index (χ0v) is 22.4. The molecular weight excluding hydrogens is 408 g/mol. The van der Waals surface area contributed by atoms with E-state index in [1.807, 2.05) is 0 Å². The van der Waals surface area contributed by atoms with Crippen LogP contribution < -0.4 is 0 Å². The maximum Gasteiger partial charge on any atom is 0.138 e. The van der Waals surface area contributed by atoms with E-state index in [1.165, 1.54) is 19.3 Å². The topological polar surface area (TPSA) is 57.5 Å². The van der Waals surface area contributed by atoms with Crippen LogP contribution in [0, 0.1) is 39.4 Å². The average molecular weight is 457 g/mol. The second kappa shape index (κ2) is 7.79. The molecule has 0 aromatic carbocycles. The van der Waals surface area contributed by atoms with Crippen LogP contribution in [0.25, 0.3) is 0 Å². The minimum Gasteiger partial charge on any atom is -0.390 e. The van der Waals surface area contributed by atoms with Crippen LogP contribution in [0.5, 0.6) is 0 Å². The third-order valence-electron chi connectivity index (χ3n) is 11.4. The smallest absolute Gasteiger partial charge is 0.138 e. The molecule has 0 unspecified atom stereocenters. The van der Waals surface area contributed by atoms with Gasteiger partial charge < -0.3 is 10.2 Å². The highest BCUT2D eigenvalue weighted by atomic mass is 16.3. The third-order valence-corrected chi connectivity index (χ3v) is 11.4. The molecule has 4 aliphatic carbocycles. The molecule has 3 nitrogen and oxygen atoms in total. The second-order valence-electron chi connectivity index (χ2n) is 13.9. The lowest BCUT2D eigenvalue weighted by molar-refractivity contribution is -0.142. The summed E-state index contributed by atoms with van der Waals surface area (Å²) < 4.78 is 0. The summed E-state index contributed by atoms with van der Waals surface area (Å²) in [7, 11) is 0. The van der Waals surface area contributed by atoms with Crippen molar-refractivity contribution in [1.29, 1.82) is 0 Å². The Labute approximate surface area is 202 Å². The molecule has 33 heavy (non-hydrogen) atoms. The molecule has 3 saturated carbocycles. The van der Waals surface area contributed by atoms with Crippen molar-refractivity contribution < 1.29 is 15.0 Å². The Hall–Kier alpha value is -0.930. The SMILES string of the molecule is C[C@H](CC[C@@H](O)C(C)(C)O)[C@H]1CC[C@@]2(C)C1=CC=C1[C@]2(C)CC[C@H]2C(C)(C)C(=O)CC[C@]12C. The van der Waals surface area contributed by atoms with Crippen molar-refractivity contribution in [2.75, 3.05) is 0 Å². The molecule has 4 rings (SSSR count). The highest BCUT2D eigenvalue weighted by Gasteiger charge is 2.64. The fourth-order valence-electron chi connectivity index (χ4n) is 8.80. The van der Waals surface area contributed by atoms with E-state index in [0.717, 1.165) is 19.3 Å². The van der Waals surface area contributed by atoms with Crippen molar-refractivity contribution in [3.8, 4) is 0 Å². The summed E-state index contributed by atoms with van der Waals surface area (Å²) in [6.07, 6.45) is 12.3. The molecule has 0 aromatic rings. The van der Waals surface area contributed by atoms with Crippen molar-refractivity contribution in [2.24, 2.45) is 39.4 Å². The van der Waals surface area contributed by atoms with E-state index in [1.54, 1.807) is 25.0 Å². The summed E-state index contributed by atoms with van der Waals surface area (Å²) in [5, 5.41) is 20.5. The van der Waals surface area contributed by atoms with Crippen molar-refractivity contribution in [2.45, 2.75) is 118 Å². The Bertz CT molecular complexity index is 873. The van der Waals surface area contributed by atoms with Crippen LogP contribution in [0.4, 0.5) is 0 Å². The van der Waals surface area contributed by atoms with Gasteiger partial charge in [0.05, 0.1) is 11.7 Å². The van der Waals surface area contributed by atoms with E-state index in [-0.39, 0.29) is 21.7 Å². The Morgan fingerprint density at radius 3 is 2.27 bits per heavy atom. The van der Waals surface area contributed by atoms with Crippen LogP contribution in [-0.4, -0.2) is 27.7 Å². The van der Waals surface area contributed by atoms with Crippen LogP contribution in [-0.2, 0) is 4.79 Å². The lowest BCUT2D eigenvalue weighted by Gasteiger charge is -2.63. The molecule has 0 radical (unpaired) electrons. The molecule has 0 amide bonds. The molecule has 2 N–H and O–H groups in total. The zero-order valence-electron chi connectivity index (χ0n) is 22.4. The van der Waals surface area contributed by atoms with Gasteiger partial charge >= 0.3 is 0 Å². The first-order valence-corrected chi connectivity index (χ1v) is 13.5. The van der Waals surface area contributed by atoms with Gasteiger partial charge in [0, 0.05) is 11.8 Å². The van der Waals surface area contributed by atoms with Gasteiger partial charge in [-0.3, -0.25) is 4.79 Å². The number of allylic oxidation sites excluding steroid dienone is 4. The Balaban J connectivity index is 1.64. The normalized spacial score (nSPS) is 41.9. The minimum atomic E-state index is -1.04. The zero-order chi connectivity index (χ0) is 24.6. The van der Waals surface area contributed by atoms with Gasteiger partial charge in [-0.15, -0.1) is 0 Å². The van der Waals surface area contributed by atoms with Crippen LogP contribution in [0.2, 0.25) is 0 Å². The maximum absolute atomic E-state index is 12.8. The molecule has 0 saturated heterocycles. The molecular formula is C30H48O3. The van der Waals surface area contributed by atoms with Crippen molar-refractivity contribution in [3.63, 3.8) is 0 Å². The van der Waals surface area contributed by atoms with Crippen LogP contribution in [0.15, 0.2) is 23.3 Å². The monoisotopic (exact) mass is 456 g/mol. The Kier molecular flexibility index (Phi) is 5.94. The number of carbonyl (C=O) groups excluding carboxylic acids is 1. The number of aliphatic hydroxyl groups is 2. The number of fused-ring (bicyclic) bond motifs is 5. The number of rotatable bonds is 5. The van der Waals surface area contributed by atoms with Gasteiger partial charge in [0.2, 0.25) is 0 Å². The fourth-order valence-corrected chi connectivity index (χ4v) is 8.80. The first-order valence-electron chi connectivity index (χ1n) is 13.5. The van der Waals surface area contributed by atoms with Gasteiger partial charge in [-0.25, -0.2) is 0 Å². The van der Waals surface area contributed by atoms with Crippen molar-refractivity contribution in [3.05, 3.63) is 23.3 Å². The van der Waals surface area contributed by atoms with E-state index in [4.69, 9.17) is 0 Å². The number of ketones is 1. The van der Waals surface area contributed by atoms with Gasteiger partial charge in [-0.2, -0.15) is 0 Å². The van der Waals surface area contributed by atoms with Crippen LogP contribution in [0.1, 0.15) is 107 Å². The Morgan fingerprint density at radius 2 is 1.64 bits per heavy atom. The molecule has 3 fully saturated rings. The molecule has 7 atom stereocenters. The van der Waals surface area contributed by atoms with Gasteiger partial charge in [0.15, 0.2) is 0 Å². The highest BCUT2D eigenvalue weighted by Crippen LogP contribution is 2.72. The first-order chi connectivity index (χ1) is 15.1. The molecule has 3 heteroatoms. The van der Waals surface area contributed by atoms with Crippen molar-refractivity contribution in [1.82, 2.24) is 0 Å². The van der Waals surface area contributed by atoms with E-state index < -0.39 is 11.7 Å². The summed E-state index contributed by atoms with van der Waals surface area (Å²) >= 11 is 0. The summed E-state index contributed by atoms with van der Waals surface area (Å²) in [6, 6.07) is 0. The summed E-state index contributed by atoms with van der Waals surface area (Å²) in [5.74, 6) is 1.93. The van der Waals surface area contributed by atoms with Crippen molar-refractivity contribution >= 4 is 5.78 Å². The molecule has 186 valence electrons. The summed E-state index contributed by atoms with van der Waals surface area (Å²) in [5.41, 5.74) is 2.40. The predicted octanol–water partition coefficient (Wildman–Crippen LogP) is 6.63. The largest absolute Gasteiger partial charge is 0.390 e. The van der Waals surface area contributed by atoms with Gasteiger partial charge in [0.25, 0.3) is 0 Å². The predicted molar refractivity (Wildman–Crippen MR) is 135 cm³/mol. The molecule has 0 aliphatic heterocycles. The lowest BCUT2D eigenvalue weighted by atomic mass is 9.40. The summed E-state index contributed by atoms with van der Waals surface area (Å²) in [4.78, 5) is 12.8. The van der Waals surface area contributed by atoms with E-state index in [9.17, 15) is 15.0 Å². The Morgan fingerprint density at radius 1 is 1.00 bits per heavy atom. The molecule has 0 heterocycles. The maximum atomic E-state index is 12.8. The van der Waals surface area contributed by atoms with Crippen LogP contribution in [0.3, 0.4) is 0 Å². The fraction of sp³-hybridized carbons (Fsp3) is 0.833. The number of hydrogen-bond donors (Lipinski definition) is 2. The molecule has 4 aliphatic rings. The third kappa shape index (κ3) is 3.54. The van der Waals surface area contributed by atoms with Gasteiger partial charge in [-0.05, 0) is 92.8 Å². The standard InChI is InChI=1S/C30H48O3/c1-19(9-12-25(32)27(4,5)33)20-13-17-29(7)21(20)10-11-23-28(6)16-15-24(31)26(2,3)22(28)14-18-30(23,29)8/h10-11,19-20,22,25,32-33H,9,12-18H2,1-8H3/t19-,20-,22+,25-,28+,29+,30+/m1/s1. The summed E-state index contributed by atoms with van der Waals surface area (Å²) in [6.45, 7) is 17.6. The van der Waals surface area contributed by atoms with Crippen LogP contribution >= 0.6 is 0 Å². The quantitative estimate of drug-likeness (QED) is 0.488. The number of aliphatic hydroxyl groups excluding tert-OH is 1. The van der Waals surface area contributed by atoms with E-state index in [0.29, 0.717) is 36.4 Å². The highest BCUT2D eigenvalue weighted by molar-refractivity contribution is 5.85. The average Bonchev–Trinajstić information content (AvgIpc) is 3.07. The number of hydrogen-bond acceptors (Lipinski definition) is 3. The first kappa shape index (κ1) is 25.2. The molecule has 0 aromatic heterocycles.